The van der Waals surface area contributed by atoms with Gasteiger partial charge in [0, 0.05) is 13.1 Å². The number of hydrogen-bond acceptors (Lipinski definition) is 4. The van der Waals surface area contributed by atoms with Crippen molar-refractivity contribution in [3.63, 3.8) is 0 Å². The maximum atomic E-state index is 11.9. The third-order valence-corrected chi connectivity index (χ3v) is 8.29. The average molecular weight is 503 g/mol. The Labute approximate surface area is 216 Å². The molecule has 0 unspecified atom stereocenters. The molecule has 5 nitrogen and oxygen atoms in total. The fourth-order valence-corrected chi connectivity index (χ4v) is 6.44. The second-order valence-electron chi connectivity index (χ2n) is 9.98. The second kappa shape index (κ2) is 10.9. The van der Waals surface area contributed by atoms with Gasteiger partial charge in [-0.1, -0.05) is 49.6 Å². The van der Waals surface area contributed by atoms with E-state index in [-0.39, 0.29) is 0 Å². The molecule has 0 atom stereocenters. The first-order valence-corrected chi connectivity index (χ1v) is 13.6. The van der Waals surface area contributed by atoms with E-state index in [4.69, 9.17) is 4.74 Å². The number of thiophene rings is 1. The first kappa shape index (κ1) is 24.6. The summed E-state index contributed by atoms with van der Waals surface area (Å²) in [4.78, 5) is 14.5. The predicted octanol–water partition coefficient (Wildman–Crippen LogP) is 7.26. The van der Waals surface area contributed by atoms with Crippen molar-refractivity contribution in [2.45, 2.75) is 51.2 Å². The summed E-state index contributed by atoms with van der Waals surface area (Å²) in [6.45, 7) is 2.24. The summed E-state index contributed by atoms with van der Waals surface area (Å²) in [5.74, 6) is 0.473. The van der Waals surface area contributed by atoms with E-state index >= 15 is 0 Å². The van der Waals surface area contributed by atoms with E-state index in [2.05, 4.69) is 60.0 Å². The highest BCUT2D eigenvalue weighted by atomic mass is 32.1. The normalized spacial score (nSPS) is 14.5. The van der Waals surface area contributed by atoms with Crippen molar-refractivity contribution in [3.05, 3.63) is 76.7 Å². The van der Waals surface area contributed by atoms with Crippen LogP contribution in [0, 0.1) is 0 Å². The molecule has 188 valence electrons. The fraction of sp³-hybridized carbons (Fsp3) is 0.367. The number of nitrogens with zero attached hydrogens (tertiary/aromatic N) is 2. The molecule has 0 saturated heterocycles. The number of carboxylic acid groups (broad SMARTS) is 1. The molecule has 5 rings (SSSR count). The molecular formula is C30H34N2O3S. The van der Waals surface area contributed by atoms with Crippen LogP contribution >= 0.6 is 11.3 Å². The number of fused-ring (bicyclic) bond motifs is 1. The first-order valence-electron chi connectivity index (χ1n) is 12.8. The third-order valence-electron chi connectivity index (χ3n) is 7.14. The van der Waals surface area contributed by atoms with E-state index in [0.29, 0.717) is 17.4 Å². The summed E-state index contributed by atoms with van der Waals surface area (Å²) < 4.78 is 9.56. The van der Waals surface area contributed by atoms with Gasteiger partial charge in [-0.3, -0.25) is 0 Å². The molecule has 1 fully saturated rings. The summed E-state index contributed by atoms with van der Waals surface area (Å²) in [6.07, 6.45) is 6.08. The molecule has 2 heterocycles. The van der Waals surface area contributed by atoms with Gasteiger partial charge in [0.05, 0.1) is 15.9 Å². The average Bonchev–Trinajstić information content (AvgIpc) is 3.45. The van der Waals surface area contributed by atoms with Gasteiger partial charge in [-0.25, -0.2) is 4.79 Å². The molecule has 6 heteroatoms. The SMILES string of the molecule is CN(C)CCn1c(-c2ccc(OCc3ccccc3)cc2)c(C2CCCCC2)c2sc(C(=O)O)cc21. The van der Waals surface area contributed by atoms with Crippen molar-refractivity contribution in [2.24, 2.45) is 0 Å². The van der Waals surface area contributed by atoms with E-state index in [1.807, 2.05) is 24.3 Å². The summed E-state index contributed by atoms with van der Waals surface area (Å²) in [6, 6.07) is 20.5. The van der Waals surface area contributed by atoms with Crippen LogP contribution in [0.25, 0.3) is 21.5 Å². The number of benzene rings is 2. The van der Waals surface area contributed by atoms with E-state index < -0.39 is 5.97 Å². The maximum absolute atomic E-state index is 11.9. The molecule has 2 aromatic carbocycles. The van der Waals surface area contributed by atoms with Crippen molar-refractivity contribution in [3.8, 4) is 17.0 Å². The molecule has 4 aromatic rings. The lowest BCUT2D eigenvalue weighted by Crippen LogP contribution is -2.19. The van der Waals surface area contributed by atoms with Crippen LogP contribution in [0.1, 0.15) is 58.8 Å². The van der Waals surface area contributed by atoms with Crippen LogP contribution in [0.4, 0.5) is 0 Å². The number of likely N-dealkylation sites (N-methyl/N-ethyl adjacent to an activating group) is 1. The van der Waals surface area contributed by atoms with Crippen molar-refractivity contribution in [1.29, 1.82) is 0 Å². The summed E-state index contributed by atoms with van der Waals surface area (Å²) in [5, 5.41) is 9.74. The molecule has 2 aromatic heterocycles. The summed E-state index contributed by atoms with van der Waals surface area (Å²) in [7, 11) is 4.16. The van der Waals surface area contributed by atoms with Crippen molar-refractivity contribution in [2.75, 3.05) is 20.6 Å². The minimum atomic E-state index is -0.841. The number of carbonyl (C=O) groups is 1. The fourth-order valence-electron chi connectivity index (χ4n) is 5.32. The number of aromatic nitrogens is 1. The molecule has 1 aliphatic carbocycles. The maximum Gasteiger partial charge on any atom is 0.345 e. The Morgan fingerprint density at radius 2 is 1.78 bits per heavy atom. The lowest BCUT2D eigenvalue weighted by molar-refractivity contribution is 0.0702. The van der Waals surface area contributed by atoms with Crippen LogP contribution in [0.3, 0.4) is 0 Å². The largest absolute Gasteiger partial charge is 0.489 e. The molecule has 0 amide bonds. The van der Waals surface area contributed by atoms with Crippen LogP contribution in [-0.2, 0) is 13.2 Å². The summed E-state index contributed by atoms with van der Waals surface area (Å²) in [5.41, 5.74) is 5.96. The van der Waals surface area contributed by atoms with Gasteiger partial charge in [0.1, 0.15) is 17.2 Å². The topological polar surface area (TPSA) is 54.7 Å². The van der Waals surface area contributed by atoms with Gasteiger partial charge in [-0.05, 0) is 79.9 Å². The van der Waals surface area contributed by atoms with Gasteiger partial charge in [0.25, 0.3) is 0 Å². The zero-order chi connectivity index (χ0) is 25.1. The number of ether oxygens (including phenoxy) is 1. The smallest absolute Gasteiger partial charge is 0.345 e. The van der Waals surface area contributed by atoms with Gasteiger partial charge in [-0.2, -0.15) is 0 Å². The first-order chi connectivity index (χ1) is 17.5. The van der Waals surface area contributed by atoms with Crippen molar-refractivity contribution >= 4 is 27.5 Å². The molecule has 0 radical (unpaired) electrons. The lowest BCUT2D eigenvalue weighted by Gasteiger charge is -2.24. The van der Waals surface area contributed by atoms with Crippen LogP contribution in [0.15, 0.2) is 60.7 Å². The quantitative estimate of drug-likeness (QED) is 0.262. The number of aromatic carboxylic acids is 1. The van der Waals surface area contributed by atoms with Gasteiger partial charge >= 0.3 is 5.97 Å². The van der Waals surface area contributed by atoms with E-state index in [9.17, 15) is 9.90 Å². The zero-order valence-corrected chi connectivity index (χ0v) is 21.9. The Bertz CT molecular complexity index is 1320. The Morgan fingerprint density at radius 3 is 2.44 bits per heavy atom. The number of hydrogen-bond donors (Lipinski definition) is 1. The van der Waals surface area contributed by atoms with Gasteiger partial charge in [-0.15, -0.1) is 11.3 Å². The van der Waals surface area contributed by atoms with Crippen LogP contribution in [0.2, 0.25) is 0 Å². The number of carboxylic acids is 1. The van der Waals surface area contributed by atoms with E-state index in [0.717, 1.165) is 34.6 Å². The highest BCUT2D eigenvalue weighted by Crippen LogP contribution is 2.47. The molecular weight excluding hydrogens is 468 g/mol. The molecule has 1 N–H and O–H groups in total. The highest BCUT2D eigenvalue weighted by Gasteiger charge is 2.29. The molecule has 1 saturated carbocycles. The summed E-state index contributed by atoms with van der Waals surface area (Å²) >= 11 is 1.44. The molecule has 0 aliphatic heterocycles. The Hall–Kier alpha value is -3.09. The highest BCUT2D eigenvalue weighted by molar-refractivity contribution is 7.21. The molecule has 1 aliphatic rings. The molecule has 0 bridgehead atoms. The minimum Gasteiger partial charge on any atom is -0.489 e. The van der Waals surface area contributed by atoms with Gasteiger partial charge in [0.2, 0.25) is 0 Å². The second-order valence-corrected chi connectivity index (χ2v) is 11.0. The van der Waals surface area contributed by atoms with E-state index in [1.54, 1.807) is 0 Å². The Morgan fingerprint density at radius 1 is 1.06 bits per heavy atom. The number of rotatable bonds is 9. The van der Waals surface area contributed by atoms with Gasteiger partial charge in [0.15, 0.2) is 0 Å². The van der Waals surface area contributed by atoms with Crippen molar-refractivity contribution in [1.82, 2.24) is 9.47 Å². The Kier molecular flexibility index (Phi) is 7.44. The molecule has 0 spiro atoms. The van der Waals surface area contributed by atoms with E-state index in [1.165, 1.54) is 60.3 Å². The van der Waals surface area contributed by atoms with Crippen LogP contribution in [0.5, 0.6) is 5.75 Å². The minimum absolute atomic E-state index is 0.423. The molecule has 36 heavy (non-hydrogen) atoms. The lowest BCUT2D eigenvalue weighted by atomic mass is 9.83. The monoisotopic (exact) mass is 502 g/mol. The van der Waals surface area contributed by atoms with Crippen LogP contribution in [-0.4, -0.2) is 41.2 Å². The van der Waals surface area contributed by atoms with Crippen LogP contribution < -0.4 is 4.74 Å². The van der Waals surface area contributed by atoms with Crippen molar-refractivity contribution < 1.29 is 14.6 Å². The third kappa shape index (κ3) is 5.20. The Balaban J connectivity index is 1.56. The van der Waals surface area contributed by atoms with Gasteiger partial charge < -0.3 is 19.3 Å². The standard InChI is InChI=1S/C30H34N2O3S/c1-31(2)17-18-32-25-19-26(30(33)34)36-29(25)27(22-11-7-4-8-12-22)28(32)23-13-15-24(16-14-23)35-20-21-9-5-3-6-10-21/h3,5-6,9-10,13-16,19,22H,4,7-8,11-12,17-18,20H2,1-2H3,(H,33,34). The zero-order valence-electron chi connectivity index (χ0n) is 21.1. The predicted molar refractivity (Wildman–Crippen MR) is 147 cm³/mol.